The minimum Gasteiger partial charge on any atom is -0.241 e. The summed E-state index contributed by atoms with van der Waals surface area (Å²) in [6.45, 7) is 0. The van der Waals surface area contributed by atoms with Crippen LogP contribution in [0.1, 0.15) is 5.56 Å². The highest BCUT2D eigenvalue weighted by Gasteiger charge is 1.99. The molecule has 0 aromatic heterocycles. The van der Waals surface area contributed by atoms with Gasteiger partial charge in [-0.2, -0.15) is 0 Å². The highest BCUT2D eigenvalue weighted by molar-refractivity contribution is 9.18. The van der Waals surface area contributed by atoms with E-state index < -0.39 is 0 Å². The molecule has 0 heterocycles. The van der Waals surface area contributed by atoms with Crippen molar-refractivity contribution in [3.05, 3.63) is 64.6 Å². The molecule has 2 aromatic carbocycles. The molecular formula is C13H9Br2N. The third kappa shape index (κ3) is 3.03. The van der Waals surface area contributed by atoms with Crippen molar-refractivity contribution < 1.29 is 0 Å². The second-order valence-electron chi connectivity index (χ2n) is 3.25. The van der Waals surface area contributed by atoms with Crippen LogP contribution in [0.3, 0.4) is 0 Å². The molecule has 3 heteroatoms. The fourth-order valence-corrected chi connectivity index (χ4v) is 2.15. The number of nitrogens with zero attached hydrogens (tertiary/aromatic N) is 1. The molecule has 0 N–H and O–H groups in total. The molecule has 80 valence electrons. The summed E-state index contributed by atoms with van der Waals surface area (Å²) in [5, 5.41) is 0. The maximum Gasteiger partial charge on any atom is 0.114 e. The normalized spacial score (nSPS) is 11.5. The van der Waals surface area contributed by atoms with E-state index >= 15 is 0 Å². The first-order valence-electron chi connectivity index (χ1n) is 4.81. The summed E-state index contributed by atoms with van der Waals surface area (Å²) in [6.07, 6.45) is 0. The Morgan fingerprint density at radius 2 is 1.69 bits per heavy atom. The van der Waals surface area contributed by atoms with Crippen LogP contribution in [-0.4, -0.2) is 4.62 Å². The van der Waals surface area contributed by atoms with Crippen LogP contribution in [0.15, 0.2) is 64.1 Å². The zero-order valence-electron chi connectivity index (χ0n) is 8.40. The molecule has 2 rings (SSSR count). The van der Waals surface area contributed by atoms with E-state index in [9.17, 15) is 0 Å². The number of benzene rings is 2. The predicted molar refractivity (Wildman–Crippen MR) is 75.7 cm³/mol. The molecule has 1 nitrogen and oxygen atoms in total. The molecule has 0 saturated heterocycles. The van der Waals surface area contributed by atoms with Crippen LogP contribution >= 0.6 is 31.9 Å². The second kappa shape index (κ2) is 5.41. The topological polar surface area (TPSA) is 12.4 Å². The summed E-state index contributed by atoms with van der Waals surface area (Å²) in [6, 6.07) is 17.9. The predicted octanol–water partition coefficient (Wildman–Crippen LogP) is 4.92. The Hall–Kier alpha value is -0.930. The Morgan fingerprint density at radius 1 is 0.938 bits per heavy atom. The smallest absolute Gasteiger partial charge is 0.114 e. The highest BCUT2D eigenvalue weighted by Crippen LogP contribution is 2.18. The Bertz CT molecular complexity index is 506. The van der Waals surface area contributed by atoms with Crippen LogP contribution in [-0.2, 0) is 0 Å². The molecule has 0 amide bonds. The van der Waals surface area contributed by atoms with E-state index in [4.69, 9.17) is 0 Å². The van der Waals surface area contributed by atoms with Gasteiger partial charge in [-0.15, -0.1) is 0 Å². The van der Waals surface area contributed by atoms with Crippen molar-refractivity contribution in [3.8, 4) is 0 Å². The minimum absolute atomic E-state index is 0.833. The van der Waals surface area contributed by atoms with Gasteiger partial charge < -0.3 is 0 Å². The van der Waals surface area contributed by atoms with Gasteiger partial charge in [0, 0.05) is 10.0 Å². The van der Waals surface area contributed by atoms with Gasteiger partial charge in [0.05, 0.1) is 5.69 Å². The second-order valence-corrected chi connectivity index (χ2v) is 4.92. The van der Waals surface area contributed by atoms with Crippen molar-refractivity contribution in [2.75, 3.05) is 0 Å². The summed E-state index contributed by atoms with van der Waals surface area (Å²) in [4.78, 5) is 4.48. The Kier molecular flexibility index (Phi) is 3.91. The van der Waals surface area contributed by atoms with Crippen molar-refractivity contribution in [2.45, 2.75) is 0 Å². The number of hydrogen-bond acceptors (Lipinski definition) is 1. The first-order valence-corrected chi connectivity index (χ1v) is 6.39. The molecule has 0 unspecified atom stereocenters. The molecule has 0 fully saturated rings. The van der Waals surface area contributed by atoms with Gasteiger partial charge in [0.25, 0.3) is 0 Å². The molecule has 0 spiro atoms. The van der Waals surface area contributed by atoms with Crippen LogP contribution in [0.2, 0.25) is 0 Å². The summed E-state index contributed by atoms with van der Waals surface area (Å²) in [5.74, 6) is 0. The quantitative estimate of drug-likeness (QED) is 0.689. The lowest BCUT2D eigenvalue weighted by Gasteiger charge is -2.00. The van der Waals surface area contributed by atoms with E-state index in [1.54, 1.807) is 0 Å². The van der Waals surface area contributed by atoms with E-state index in [0.29, 0.717) is 0 Å². The SMILES string of the molecule is BrC(=Nc1ccccc1)c1cccc(Br)c1. The Morgan fingerprint density at radius 3 is 2.38 bits per heavy atom. The molecular weight excluding hydrogens is 330 g/mol. The Labute approximate surface area is 111 Å². The van der Waals surface area contributed by atoms with Crippen molar-refractivity contribution >= 4 is 42.2 Å². The van der Waals surface area contributed by atoms with Crippen LogP contribution in [0.4, 0.5) is 5.69 Å². The number of aliphatic imine (C=N–C) groups is 1. The molecule has 2 aromatic rings. The van der Waals surface area contributed by atoms with E-state index in [1.807, 2.05) is 54.6 Å². The van der Waals surface area contributed by atoms with E-state index in [1.165, 1.54) is 0 Å². The molecule has 0 atom stereocenters. The summed E-state index contributed by atoms with van der Waals surface area (Å²) in [7, 11) is 0. The van der Waals surface area contributed by atoms with Crippen molar-refractivity contribution in [3.63, 3.8) is 0 Å². The lowest BCUT2D eigenvalue weighted by Crippen LogP contribution is -1.88. The number of hydrogen-bond donors (Lipinski definition) is 0. The van der Waals surface area contributed by atoms with Crippen LogP contribution in [0, 0.1) is 0 Å². The van der Waals surface area contributed by atoms with Gasteiger partial charge in [0.1, 0.15) is 4.62 Å². The number of halogens is 2. The molecule has 0 aliphatic rings. The monoisotopic (exact) mass is 337 g/mol. The molecule has 0 bridgehead atoms. The van der Waals surface area contributed by atoms with Gasteiger partial charge in [0.15, 0.2) is 0 Å². The summed E-state index contributed by atoms with van der Waals surface area (Å²) < 4.78 is 1.88. The van der Waals surface area contributed by atoms with E-state index in [-0.39, 0.29) is 0 Å². The standard InChI is InChI=1S/C13H9Br2N/c14-11-6-4-5-10(9-11)13(15)16-12-7-2-1-3-8-12/h1-9H. The van der Waals surface area contributed by atoms with Gasteiger partial charge in [0.2, 0.25) is 0 Å². The molecule has 0 aliphatic carbocycles. The van der Waals surface area contributed by atoms with Gasteiger partial charge >= 0.3 is 0 Å². The average molecular weight is 339 g/mol. The van der Waals surface area contributed by atoms with Crippen molar-refractivity contribution in [1.29, 1.82) is 0 Å². The van der Waals surface area contributed by atoms with E-state index in [0.717, 1.165) is 20.3 Å². The van der Waals surface area contributed by atoms with Gasteiger partial charge in [-0.1, -0.05) is 46.3 Å². The Balaban J connectivity index is 2.32. The van der Waals surface area contributed by atoms with E-state index in [2.05, 4.69) is 36.9 Å². The first-order chi connectivity index (χ1) is 7.75. The fourth-order valence-electron chi connectivity index (χ4n) is 1.30. The zero-order chi connectivity index (χ0) is 11.4. The average Bonchev–Trinajstić information content (AvgIpc) is 2.30. The van der Waals surface area contributed by atoms with Gasteiger partial charge in [-0.3, -0.25) is 0 Å². The molecule has 0 saturated carbocycles. The van der Waals surface area contributed by atoms with Gasteiger partial charge in [-0.25, -0.2) is 4.99 Å². The molecule has 0 radical (unpaired) electrons. The van der Waals surface area contributed by atoms with Gasteiger partial charge in [-0.05, 0) is 40.2 Å². The third-order valence-electron chi connectivity index (χ3n) is 2.05. The maximum atomic E-state index is 4.48. The lowest BCUT2D eigenvalue weighted by molar-refractivity contribution is 1.52. The van der Waals surface area contributed by atoms with Crippen LogP contribution in [0.5, 0.6) is 0 Å². The largest absolute Gasteiger partial charge is 0.241 e. The third-order valence-corrected chi connectivity index (χ3v) is 3.17. The van der Waals surface area contributed by atoms with Crippen molar-refractivity contribution in [2.24, 2.45) is 4.99 Å². The number of rotatable bonds is 2. The summed E-state index contributed by atoms with van der Waals surface area (Å²) in [5.41, 5.74) is 1.99. The maximum absolute atomic E-state index is 4.48. The zero-order valence-corrected chi connectivity index (χ0v) is 11.6. The molecule has 16 heavy (non-hydrogen) atoms. The lowest BCUT2D eigenvalue weighted by atomic mass is 10.2. The highest BCUT2D eigenvalue weighted by atomic mass is 79.9. The van der Waals surface area contributed by atoms with Crippen LogP contribution in [0.25, 0.3) is 0 Å². The summed E-state index contributed by atoms with van der Waals surface area (Å²) >= 11 is 6.93. The number of para-hydroxylation sites is 1. The minimum atomic E-state index is 0.833. The van der Waals surface area contributed by atoms with Crippen molar-refractivity contribution in [1.82, 2.24) is 0 Å². The molecule has 0 aliphatic heterocycles. The first kappa shape index (κ1) is 11.6. The fraction of sp³-hybridized carbons (Fsp3) is 0. The van der Waals surface area contributed by atoms with Crippen LogP contribution < -0.4 is 0 Å².